The lowest BCUT2D eigenvalue weighted by Crippen LogP contribution is -2.32. The summed E-state index contributed by atoms with van der Waals surface area (Å²) in [6.45, 7) is 0.972. The second-order valence-electron chi connectivity index (χ2n) is 7.98. The van der Waals surface area contributed by atoms with Crippen molar-refractivity contribution in [3.8, 4) is 11.1 Å². The second kappa shape index (κ2) is 10.6. The Hall–Kier alpha value is -3.64. The van der Waals surface area contributed by atoms with E-state index in [0.29, 0.717) is 18.7 Å². The molecule has 166 valence electrons. The first kappa shape index (κ1) is 23.0. The number of carbonyl (C=O) groups is 2. The molecule has 0 heterocycles. The fraction of sp³-hybridized carbons (Fsp3) is 0.231. The molecule has 3 aromatic rings. The normalized spacial score (nSPS) is 10.5. The molecule has 0 aliphatic heterocycles. The molecule has 3 aromatic carbocycles. The highest BCUT2D eigenvalue weighted by molar-refractivity contribution is 5.94. The van der Waals surface area contributed by atoms with Crippen LogP contribution < -0.4 is 16.0 Å². The number of nitrogens with two attached hydrogens (primary N) is 1. The van der Waals surface area contributed by atoms with Crippen molar-refractivity contribution in [2.24, 2.45) is 5.73 Å². The summed E-state index contributed by atoms with van der Waals surface area (Å²) in [6, 6.07) is 23.6. The van der Waals surface area contributed by atoms with Gasteiger partial charge in [-0.2, -0.15) is 0 Å². The third-order valence-electron chi connectivity index (χ3n) is 5.31. The molecule has 0 aliphatic rings. The zero-order valence-corrected chi connectivity index (χ0v) is 18.8. The summed E-state index contributed by atoms with van der Waals surface area (Å²) in [5, 5.41) is 2.98. The van der Waals surface area contributed by atoms with Crippen LogP contribution in [-0.4, -0.2) is 44.4 Å². The molecule has 3 rings (SSSR count). The molecule has 6 heteroatoms. The van der Waals surface area contributed by atoms with Crippen molar-refractivity contribution in [1.82, 2.24) is 10.2 Å². The van der Waals surface area contributed by atoms with Gasteiger partial charge in [0.25, 0.3) is 5.91 Å². The highest BCUT2D eigenvalue weighted by atomic mass is 16.2. The lowest BCUT2D eigenvalue weighted by atomic mass is 10.0. The van der Waals surface area contributed by atoms with Crippen LogP contribution >= 0.6 is 0 Å². The van der Waals surface area contributed by atoms with Crippen molar-refractivity contribution in [1.29, 1.82) is 0 Å². The number of hydrogen-bond donors (Lipinski definition) is 2. The first-order valence-electron chi connectivity index (χ1n) is 10.5. The van der Waals surface area contributed by atoms with Crippen molar-refractivity contribution in [2.45, 2.75) is 13.1 Å². The molecule has 0 saturated heterocycles. The first-order chi connectivity index (χ1) is 15.4. The Morgan fingerprint density at radius 1 is 0.844 bits per heavy atom. The van der Waals surface area contributed by atoms with Crippen molar-refractivity contribution < 1.29 is 9.59 Å². The number of likely N-dealkylation sites (N-methyl/N-ethyl adjacent to an activating group) is 1. The van der Waals surface area contributed by atoms with E-state index in [-0.39, 0.29) is 18.4 Å². The van der Waals surface area contributed by atoms with Gasteiger partial charge in [0.05, 0.1) is 6.54 Å². The van der Waals surface area contributed by atoms with Crippen LogP contribution in [0.5, 0.6) is 0 Å². The molecular weight excluding hydrogens is 400 g/mol. The van der Waals surface area contributed by atoms with E-state index in [1.54, 1.807) is 11.9 Å². The fourth-order valence-corrected chi connectivity index (χ4v) is 3.41. The van der Waals surface area contributed by atoms with Gasteiger partial charge in [-0.05, 0) is 52.6 Å². The molecule has 3 N–H and O–H groups in total. The Bertz CT molecular complexity index is 1080. The maximum absolute atomic E-state index is 12.6. The van der Waals surface area contributed by atoms with E-state index in [1.165, 1.54) is 0 Å². The van der Waals surface area contributed by atoms with Gasteiger partial charge in [0.1, 0.15) is 0 Å². The van der Waals surface area contributed by atoms with Gasteiger partial charge in [0.15, 0.2) is 0 Å². The van der Waals surface area contributed by atoms with Gasteiger partial charge in [-0.1, -0.05) is 42.5 Å². The molecule has 0 bridgehead atoms. The molecular formula is C26H30N4O2. The predicted octanol–water partition coefficient (Wildman–Crippen LogP) is 3.27. The smallest absolute Gasteiger partial charge is 0.251 e. The topological polar surface area (TPSA) is 78.7 Å². The molecule has 0 spiro atoms. The van der Waals surface area contributed by atoms with E-state index in [2.05, 4.69) is 11.4 Å². The largest absolute Gasteiger partial charge is 0.378 e. The summed E-state index contributed by atoms with van der Waals surface area (Å²) in [5.74, 6) is -0.207. The SMILES string of the molecule is CN(Cc1cccc(-c2ccc(C(=O)NCc3cccc(N(C)C)c3)cc2)c1)C(=O)CN. The number of rotatable bonds is 8. The number of anilines is 1. The van der Waals surface area contributed by atoms with Crippen molar-refractivity contribution >= 4 is 17.5 Å². The van der Waals surface area contributed by atoms with E-state index < -0.39 is 0 Å². The molecule has 32 heavy (non-hydrogen) atoms. The van der Waals surface area contributed by atoms with Gasteiger partial charge in [0, 0.05) is 45.5 Å². The second-order valence-corrected chi connectivity index (χ2v) is 7.98. The standard InChI is InChI=1S/C26H30N4O2/c1-29(2)24-9-5-6-19(15-24)17-28-26(32)22-12-10-21(11-13-22)23-8-4-7-20(14-23)18-30(3)25(31)16-27/h4-15H,16-18,27H2,1-3H3,(H,28,32). The Morgan fingerprint density at radius 2 is 1.53 bits per heavy atom. The number of benzene rings is 3. The molecule has 0 fully saturated rings. The minimum Gasteiger partial charge on any atom is -0.378 e. The lowest BCUT2D eigenvalue weighted by Gasteiger charge is -2.16. The highest BCUT2D eigenvalue weighted by Gasteiger charge is 2.09. The number of nitrogens with one attached hydrogen (secondary N) is 1. The Morgan fingerprint density at radius 3 is 2.22 bits per heavy atom. The van der Waals surface area contributed by atoms with E-state index in [4.69, 9.17) is 5.73 Å². The summed E-state index contributed by atoms with van der Waals surface area (Å²) >= 11 is 0. The number of hydrogen-bond acceptors (Lipinski definition) is 4. The number of amides is 2. The van der Waals surface area contributed by atoms with Crippen LogP contribution in [0, 0.1) is 0 Å². The first-order valence-corrected chi connectivity index (χ1v) is 10.5. The van der Waals surface area contributed by atoms with Crippen LogP contribution in [0.4, 0.5) is 5.69 Å². The van der Waals surface area contributed by atoms with Gasteiger partial charge < -0.3 is 20.9 Å². The summed E-state index contributed by atoms with van der Waals surface area (Å²) in [7, 11) is 5.73. The molecule has 0 saturated carbocycles. The zero-order valence-electron chi connectivity index (χ0n) is 18.8. The maximum Gasteiger partial charge on any atom is 0.251 e. The maximum atomic E-state index is 12.6. The van der Waals surface area contributed by atoms with Crippen LogP contribution in [0.2, 0.25) is 0 Å². The zero-order chi connectivity index (χ0) is 23.1. The van der Waals surface area contributed by atoms with E-state index in [0.717, 1.165) is 27.9 Å². The van der Waals surface area contributed by atoms with Crippen LogP contribution in [-0.2, 0) is 17.9 Å². The molecule has 0 aliphatic carbocycles. The third kappa shape index (κ3) is 5.95. The van der Waals surface area contributed by atoms with Crippen molar-refractivity contribution in [3.05, 3.63) is 89.5 Å². The summed E-state index contributed by atoms with van der Waals surface area (Å²) < 4.78 is 0. The summed E-state index contributed by atoms with van der Waals surface area (Å²) in [5.41, 5.74) is 11.3. The Labute approximate surface area is 189 Å². The van der Waals surface area contributed by atoms with Gasteiger partial charge in [0.2, 0.25) is 5.91 Å². The monoisotopic (exact) mass is 430 g/mol. The molecule has 0 atom stereocenters. The fourth-order valence-electron chi connectivity index (χ4n) is 3.41. The third-order valence-corrected chi connectivity index (χ3v) is 5.31. The highest BCUT2D eigenvalue weighted by Crippen LogP contribution is 2.22. The van der Waals surface area contributed by atoms with Crippen LogP contribution in [0.15, 0.2) is 72.8 Å². The van der Waals surface area contributed by atoms with Crippen LogP contribution in [0.25, 0.3) is 11.1 Å². The molecule has 2 amide bonds. The van der Waals surface area contributed by atoms with Crippen LogP contribution in [0.1, 0.15) is 21.5 Å². The Kier molecular flexibility index (Phi) is 7.63. The van der Waals surface area contributed by atoms with Gasteiger partial charge >= 0.3 is 0 Å². The molecule has 0 radical (unpaired) electrons. The lowest BCUT2D eigenvalue weighted by molar-refractivity contribution is -0.128. The predicted molar refractivity (Wildman–Crippen MR) is 129 cm³/mol. The van der Waals surface area contributed by atoms with E-state index >= 15 is 0 Å². The van der Waals surface area contributed by atoms with Gasteiger partial charge in [-0.3, -0.25) is 9.59 Å². The average Bonchev–Trinajstić information content (AvgIpc) is 2.82. The minimum atomic E-state index is -0.109. The Balaban J connectivity index is 1.64. The van der Waals surface area contributed by atoms with Gasteiger partial charge in [-0.25, -0.2) is 0 Å². The molecule has 0 aromatic heterocycles. The van der Waals surface area contributed by atoms with Crippen molar-refractivity contribution in [2.75, 3.05) is 32.6 Å². The minimum absolute atomic E-state index is 0.000798. The number of carbonyl (C=O) groups excluding carboxylic acids is 2. The molecule has 6 nitrogen and oxygen atoms in total. The summed E-state index contributed by atoms with van der Waals surface area (Å²) in [6.07, 6.45) is 0. The summed E-state index contributed by atoms with van der Waals surface area (Å²) in [4.78, 5) is 28.0. The number of nitrogens with zero attached hydrogens (tertiary/aromatic N) is 2. The molecule has 0 unspecified atom stereocenters. The van der Waals surface area contributed by atoms with E-state index in [9.17, 15) is 9.59 Å². The quantitative estimate of drug-likeness (QED) is 0.575. The van der Waals surface area contributed by atoms with Crippen LogP contribution in [0.3, 0.4) is 0 Å². The van der Waals surface area contributed by atoms with Crippen molar-refractivity contribution in [3.63, 3.8) is 0 Å². The van der Waals surface area contributed by atoms with E-state index in [1.807, 2.05) is 85.7 Å². The van der Waals surface area contributed by atoms with Gasteiger partial charge in [-0.15, -0.1) is 0 Å². The average molecular weight is 431 g/mol.